The number of nitrogen functional groups attached to an aromatic ring is 1. The Hall–Kier alpha value is -0.620. The van der Waals surface area contributed by atoms with Gasteiger partial charge in [0.1, 0.15) is 0 Å². The number of nitrogens with two attached hydrogens (primary N) is 1. The van der Waals surface area contributed by atoms with E-state index >= 15 is 0 Å². The van der Waals surface area contributed by atoms with Crippen LogP contribution in [0.25, 0.3) is 0 Å². The van der Waals surface area contributed by atoms with Crippen LogP contribution in [0.4, 0.5) is 11.4 Å². The monoisotopic (exact) mass is 322 g/mol. The molecule has 1 amide bonds. The maximum atomic E-state index is 11.7. The Morgan fingerprint density at radius 1 is 1.37 bits per heavy atom. The second-order valence-electron chi connectivity index (χ2n) is 3.76. The lowest BCUT2D eigenvalue weighted by molar-refractivity contribution is -0.115. The molecule has 7 heteroatoms. The zero-order valence-electron chi connectivity index (χ0n) is 10.5. The molecule has 0 atom stereocenters. The van der Waals surface area contributed by atoms with Gasteiger partial charge in [-0.1, -0.05) is 23.2 Å². The van der Waals surface area contributed by atoms with E-state index in [2.05, 4.69) is 5.32 Å². The third-order valence-corrected chi connectivity index (χ3v) is 3.78. The first-order valence-corrected chi connectivity index (χ1v) is 7.56. The Balaban J connectivity index is 2.44. The summed E-state index contributed by atoms with van der Waals surface area (Å²) in [6, 6.07) is 3.10. The number of amides is 1. The van der Waals surface area contributed by atoms with Crippen LogP contribution in [0, 0.1) is 0 Å². The summed E-state index contributed by atoms with van der Waals surface area (Å²) >= 11 is 13.6. The summed E-state index contributed by atoms with van der Waals surface area (Å²) in [6.07, 6.45) is 0.394. The molecule has 0 aromatic heterocycles. The summed E-state index contributed by atoms with van der Waals surface area (Å²) in [6.45, 7) is 0.682. The Morgan fingerprint density at radius 2 is 2.00 bits per heavy atom. The molecule has 0 aliphatic heterocycles. The Labute approximate surface area is 127 Å². The summed E-state index contributed by atoms with van der Waals surface area (Å²) in [5, 5.41) is 3.37. The molecule has 1 aromatic carbocycles. The van der Waals surface area contributed by atoms with Gasteiger partial charge < -0.3 is 15.8 Å². The van der Waals surface area contributed by atoms with E-state index in [-0.39, 0.29) is 5.91 Å². The van der Waals surface area contributed by atoms with Crippen molar-refractivity contribution in [3.8, 4) is 0 Å². The number of halogens is 2. The maximum Gasteiger partial charge on any atom is 0.225 e. The smallest absolute Gasteiger partial charge is 0.225 e. The van der Waals surface area contributed by atoms with Gasteiger partial charge in [-0.15, -0.1) is 0 Å². The molecule has 0 fully saturated rings. The average molecular weight is 323 g/mol. The van der Waals surface area contributed by atoms with Crippen LogP contribution in [0.5, 0.6) is 0 Å². The molecule has 0 unspecified atom stereocenters. The third kappa shape index (κ3) is 5.91. The molecular formula is C12H16Cl2N2O2S. The second-order valence-corrected chi connectivity index (χ2v) is 5.80. The van der Waals surface area contributed by atoms with Crippen molar-refractivity contribution in [1.82, 2.24) is 0 Å². The minimum Gasteiger partial charge on any atom is -0.399 e. The number of anilines is 2. The molecule has 106 valence electrons. The standard InChI is InChI=1S/C12H16Cl2N2O2S/c1-18-3-5-19-4-2-11(17)16-12-9(13)6-8(15)7-10(12)14/h6-7H,2-5,15H2,1H3,(H,16,17). The molecule has 0 saturated heterocycles. The van der Waals surface area contributed by atoms with Gasteiger partial charge in [0.05, 0.1) is 22.3 Å². The van der Waals surface area contributed by atoms with Crippen LogP contribution in [0.2, 0.25) is 10.0 Å². The zero-order chi connectivity index (χ0) is 14.3. The van der Waals surface area contributed by atoms with Crippen LogP contribution in [-0.4, -0.2) is 31.1 Å². The molecule has 1 aromatic rings. The predicted molar refractivity (Wildman–Crippen MR) is 83.3 cm³/mol. The molecule has 1 rings (SSSR count). The van der Waals surface area contributed by atoms with E-state index in [1.54, 1.807) is 31.0 Å². The van der Waals surface area contributed by atoms with Crippen LogP contribution < -0.4 is 11.1 Å². The highest BCUT2D eigenvalue weighted by Gasteiger charge is 2.10. The average Bonchev–Trinajstić information content (AvgIpc) is 2.33. The first kappa shape index (κ1) is 16.4. The van der Waals surface area contributed by atoms with Crippen molar-refractivity contribution in [2.24, 2.45) is 0 Å². The molecule has 0 radical (unpaired) electrons. The number of hydrogen-bond donors (Lipinski definition) is 2. The van der Waals surface area contributed by atoms with E-state index in [1.165, 1.54) is 0 Å². The van der Waals surface area contributed by atoms with Crippen molar-refractivity contribution in [2.45, 2.75) is 6.42 Å². The van der Waals surface area contributed by atoms with Gasteiger partial charge in [-0.3, -0.25) is 4.79 Å². The van der Waals surface area contributed by atoms with E-state index in [0.717, 1.165) is 11.5 Å². The number of ether oxygens (including phenoxy) is 1. The fourth-order valence-electron chi connectivity index (χ4n) is 1.32. The van der Waals surface area contributed by atoms with E-state index in [4.69, 9.17) is 33.7 Å². The van der Waals surface area contributed by atoms with Gasteiger partial charge in [0.15, 0.2) is 0 Å². The Morgan fingerprint density at radius 3 is 2.58 bits per heavy atom. The van der Waals surface area contributed by atoms with E-state index in [1.807, 2.05) is 0 Å². The predicted octanol–water partition coefficient (Wildman–Crippen LogP) is 3.28. The van der Waals surface area contributed by atoms with Crippen LogP contribution >= 0.6 is 35.0 Å². The van der Waals surface area contributed by atoms with Gasteiger partial charge in [-0.2, -0.15) is 11.8 Å². The molecular weight excluding hydrogens is 307 g/mol. The number of hydrogen-bond acceptors (Lipinski definition) is 4. The zero-order valence-corrected chi connectivity index (χ0v) is 12.9. The molecule has 0 aliphatic carbocycles. The fourth-order valence-corrected chi connectivity index (χ4v) is 2.74. The van der Waals surface area contributed by atoms with Crippen LogP contribution in [-0.2, 0) is 9.53 Å². The van der Waals surface area contributed by atoms with Crippen LogP contribution in [0.1, 0.15) is 6.42 Å². The Kier molecular flexibility index (Phi) is 7.38. The second kappa shape index (κ2) is 8.53. The normalized spacial score (nSPS) is 10.5. The topological polar surface area (TPSA) is 64.3 Å². The lowest BCUT2D eigenvalue weighted by Gasteiger charge is -2.10. The lowest BCUT2D eigenvalue weighted by Crippen LogP contribution is -2.13. The van der Waals surface area contributed by atoms with E-state index < -0.39 is 0 Å². The highest BCUT2D eigenvalue weighted by molar-refractivity contribution is 7.99. The van der Waals surface area contributed by atoms with Gasteiger partial charge in [0, 0.05) is 30.7 Å². The number of methoxy groups -OCH3 is 1. The van der Waals surface area contributed by atoms with Gasteiger partial charge >= 0.3 is 0 Å². The molecule has 0 saturated carbocycles. The molecule has 4 nitrogen and oxygen atoms in total. The number of thioether (sulfide) groups is 1. The maximum absolute atomic E-state index is 11.7. The lowest BCUT2D eigenvalue weighted by atomic mass is 10.2. The molecule has 3 N–H and O–H groups in total. The van der Waals surface area contributed by atoms with E-state index in [0.29, 0.717) is 34.4 Å². The minimum atomic E-state index is -0.126. The molecule has 19 heavy (non-hydrogen) atoms. The van der Waals surface area contributed by atoms with Crippen molar-refractivity contribution in [3.63, 3.8) is 0 Å². The highest BCUT2D eigenvalue weighted by atomic mass is 35.5. The van der Waals surface area contributed by atoms with Gasteiger partial charge in [0.25, 0.3) is 0 Å². The van der Waals surface area contributed by atoms with Crippen molar-refractivity contribution in [2.75, 3.05) is 36.3 Å². The number of carbonyl (C=O) groups is 1. The van der Waals surface area contributed by atoms with Gasteiger partial charge in [0.2, 0.25) is 5.91 Å². The van der Waals surface area contributed by atoms with Crippen molar-refractivity contribution >= 4 is 52.2 Å². The summed E-state index contributed by atoms with van der Waals surface area (Å²) in [5.74, 6) is 1.46. The number of rotatable bonds is 7. The van der Waals surface area contributed by atoms with Gasteiger partial charge in [-0.25, -0.2) is 0 Å². The van der Waals surface area contributed by atoms with Crippen LogP contribution in [0.15, 0.2) is 12.1 Å². The summed E-state index contributed by atoms with van der Waals surface area (Å²) < 4.78 is 4.92. The molecule has 0 heterocycles. The Bertz CT molecular complexity index is 421. The molecule has 0 bridgehead atoms. The highest BCUT2D eigenvalue weighted by Crippen LogP contribution is 2.32. The SMILES string of the molecule is COCCSCCC(=O)Nc1c(Cl)cc(N)cc1Cl. The largest absolute Gasteiger partial charge is 0.399 e. The van der Waals surface area contributed by atoms with Crippen molar-refractivity contribution in [3.05, 3.63) is 22.2 Å². The number of benzene rings is 1. The summed E-state index contributed by atoms with van der Waals surface area (Å²) in [4.78, 5) is 11.7. The van der Waals surface area contributed by atoms with Gasteiger partial charge in [-0.05, 0) is 12.1 Å². The first-order valence-electron chi connectivity index (χ1n) is 5.65. The quantitative estimate of drug-likeness (QED) is 0.597. The van der Waals surface area contributed by atoms with E-state index in [9.17, 15) is 4.79 Å². The minimum absolute atomic E-state index is 0.126. The number of nitrogens with one attached hydrogen (secondary N) is 1. The summed E-state index contributed by atoms with van der Waals surface area (Å²) in [7, 11) is 1.65. The van der Waals surface area contributed by atoms with Crippen molar-refractivity contribution < 1.29 is 9.53 Å². The number of carbonyl (C=O) groups excluding carboxylic acids is 1. The molecule has 0 spiro atoms. The third-order valence-electron chi connectivity index (χ3n) is 2.23. The first-order chi connectivity index (χ1) is 9.04. The van der Waals surface area contributed by atoms with Crippen molar-refractivity contribution in [1.29, 1.82) is 0 Å². The van der Waals surface area contributed by atoms with Crippen LogP contribution in [0.3, 0.4) is 0 Å². The molecule has 0 aliphatic rings. The summed E-state index contributed by atoms with van der Waals surface area (Å²) in [5.41, 5.74) is 6.46. The fraction of sp³-hybridized carbons (Fsp3) is 0.417.